The van der Waals surface area contributed by atoms with E-state index in [0.29, 0.717) is 25.8 Å². The minimum atomic E-state index is -0.586. The zero-order valence-corrected chi connectivity index (χ0v) is 13.8. The number of primary amides is 1. The summed E-state index contributed by atoms with van der Waals surface area (Å²) in [7, 11) is 0. The highest BCUT2D eigenvalue weighted by Gasteiger charge is 2.30. The lowest BCUT2D eigenvalue weighted by Crippen LogP contribution is -2.46. The number of nitrogens with two attached hydrogens (primary N) is 1. The lowest BCUT2D eigenvalue weighted by Gasteiger charge is -2.26. The first-order valence-corrected chi connectivity index (χ1v) is 7.41. The van der Waals surface area contributed by atoms with Crippen molar-refractivity contribution in [2.45, 2.75) is 59.9 Å². The molecular weight excluding hydrogens is 270 g/mol. The van der Waals surface area contributed by atoms with Gasteiger partial charge in [-0.25, -0.2) is 4.79 Å². The van der Waals surface area contributed by atoms with E-state index >= 15 is 0 Å². The fourth-order valence-corrected chi connectivity index (χ4v) is 1.93. The molecule has 0 saturated heterocycles. The van der Waals surface area contributed by atoms with Crippen LogP contribution in [0.1, 0.15) is 53.9 Å². The van der Waals surface area contributed by atoms with Gasteiger partial charge in [-0.15, -0.1) is 0 Å². The van der Waals surface area contributed by atoms with Crippen molar-refractivity contribution in [2.24, 2.45) is 17.1 Å². The molecule has 0 spiro atoms. The molecular formula is C15H29N3O3. The van der Waals surface area contributed by atoms with E-state index in [1.165, 1.54) is 0 Å². The van der Waals surface area contributed by atoms with Crippen molar-refractivity contribution in [3.63, 3.8) is 0 Å². The van der Waals surface area contributed by atoms with Gasteiger partial charge in [0.1, 0.15) is 0 Å². The van der Waals surface area contributed by atoms with Crippen LogP contribution >= 0.6 is 0 Å². The molecule has 0 aliphatic carbocycles. The van der Waals surface area contributed by atoms with Gasteiger partial charge < -0.3 is 16.4 Å². The first kappa shape index (κ1) is 19.4. The van der Waals surface area contributed by atoms with Gasteiger partial charge in [0.2, 0.25) is 5.91 Å². The van der Waals surface area contributed by atoms with Crippen LogP contribution in [0, 0.1) is 11.3 Å². The molecule has 0 aromatic carbocycles. The van der Waals surface area contributed by atoms with Gasteiger partial charge in [0.05, 0.1) is 6.04 Å². The van der Waals surface area contributed by atoms with Gasteiger partial charge in [0.15, 0.2) is 5.78 Å². The number of carbonyl (C=O) groups excluding carboxylic acids is 3. The summed E-state index contributed by atoms with van der Waals surface area (Å²) < 4.78 is 0. The quantitative estimate of drug-likeness (QED) is 0.593. The predicted molar refractivity (Wildman–Crippen MR) is 82.7 cm³/mol. The van der Waals surface area contributed by atoms with Crippen LogP contribution in [0.3, 0.4) is 0 Å². The Kier molecular flexibility index (Phi) is 7.99. The van der Waals surface area contributed by atoms with Crippen LogP contribution in [0.2, 0.25) is 0 Å². The molecule has 1 atom stereocenters. The smallest absolute Gasteiger partial charge is 0.312 e. The maximum atomic E-state index is 12.4. The van der Waals surface area contributed by atoms with Crippen LogP contribution < -0.4 is 16.4 Å². The number of hydrogen-bond acceptors (Lipinski definition) is 3. The summed E-state index contributed by atoms with van der Waals surface area (Å²) >= 11 is 0. The average Bonchev–Trinajstić information content (AvgIpc) is 2.29. The van der Waals surface area contributed by atoms with Gasteiger partial charge in [0.25, 0.3) is 0 Å². The number of Topliss-reactive ketones (excluding diaryl/α,β-unsaturated/α-hetero) is 1. The second-order valence-corrected chi connectivity index (χ2v) is 6.77. The maximum absolute atomic E-state index is 12.4. The van der Waals surface area contributed by atoms with Crippen LogP contribution in [0.4, 0.5) is 4.79 Å². The monoisotopic (exact) mass is 299 g/mol. The van der Waals surface area contributed by atoms with Crippen molar-refractivity contribution in [3.8, 4) is 0 Å². The Bertz CT molecular complexity index is 373. The third-order valence-corrected chi connectivity index (χ3v) is 2.95. The molecule has 1 unspecified atom stereocenters. The number of amides is 3. The van der Waals surface area contributed by atoms with Crippen molar-refractivity contribution < 1.29 is 14.4 Å². The molecule has 0 aliphatic rings. The fraction of sp³-hybridized carbons (Fsp3) is 0.800. The Balaban J connectivity index is 4.59. The maximum Gasteiger partial charge on any atom is 0.312 e. The molecule has 0 fully saturated rings. The normalized spacial score (nSPS) is 12.9. The lowest BCUT2D eigenvalue weighted by atomic mass is 9.84. The number of carbonyl (C=O) groups is 3. The number of nitrogens with one attached hydrogen (secondary N) is 2. The van der Waals surface area contributed by atoms with Crippen molar-refractivity contribution in [1.82, 2.24) is 10.6 Å². The lowest BCUT2D eigenvalue weighted by molar-refractivity contribution is -0.132. The predicted octanol–water partition coefficient (Wildman–Crippen LogP) is 1.58. The van der Waals surface area contributed by atoms with Crippen LogP contribution in [0.15, 0.2) is 0 Å². The average molecular weight is 299 g/mol. The Hall–Kier alpha value is -1.59. The van der Waals surface area contributed by atoms with Crippen LogP contribution in [-0.4, -0.2) is 30.3 Å². The summed E-state index contributed by atoms with van der Waals surface area (Å²) in [5.41, 5.74) is 4.47. The molecule has 0 rings (SSSR count). The summed E-state index contributed by atoms with van der Waals surface area (Å²) in [4.78, 5) is 34.9. The van der Waals surface area contributed by atoms with E-state index in [2.05, 4.69) is 10.6 Å². The third-order valence-electron chi connectivity index (χ3n) is 2.95. The number of urea groups is 1. The third kappa shape index (κ3) is 9.05. The van der Waals surface area contributed by atoms with Crippen LogP contribution in [0.5, 0.6) is 0 Å². The van der Waals surface area contributed by atoms with Crippen molar-refractivity contribution in [1.29, 1.82) is 0 Å². The van der Waals surface area contributed by atoms with Crippen LogP contribution in [-0.2, 0) is 9.59 Å². The number of rotatable bonds is 8. The minimum Gasteiger partial charge on any atom is -0.352 e. The highest BCUT2D eigenvalue weighted by atomic mass is 16.2. The SMILES string of the molecule is CC(C)CC(=O)NC(CCCNC(N)=O)C(=O)C(C)(C)C. The van der Waals surface area contributed by atoms with Gasteiger partial charge in [-0.1, -0.05) is 34.6 Å². The van der Waals surface area contributed by atoms with E-state index in [-0.39, 0.29) is 17.6 Å². The molecule has 21 heavy (non-hydrogen) atoms. The number of hydrogen-bond donors (Lipinski definition) is 3. The largest absolute Gasteiger partial charge is 0.352 e. The van der Waals surface area contributed by atoms with Gasteiger partial charge in [-0.3, -0.25) is 9.59 Å². The molecule has 0 aliphatic heterocycles. The fourth-order valence-electron chi connectivity index (χ4n) is 1.93. The Morgan fingerprint density at radius 1 is 1.14 bits per heavy atom. The Morgan fingerprint density at radius 3 is 2.14 bits per heavy atom. The molecule has 6 nitrogen and oxygen atoms in total. The zero-order chi connectivity index (χ0) is 16.6. The molecule has 122 valence electrons. The number of ketones is 1. The van der Waals surface area contributed by atoms with E-state index in [1.807, 2.05) is 34.6 Å². The first-order chi connectivity index (χ1) is 9.54. The van der Waals surface area contributed by atoms with E-state index in [0.717, 1.165) is 0 Å². The molecule has 0 bridgehead atoms. The summed E-state index contributed by atoms with van der Waals surface area (Å²) in [5.74, 6) is 0.126. The van der Waals surface area contributed by atoms with Crippen molar-refractivity contribution in [3.05, 3.63) is 0 Å². The highest BCUT2D eigenvalue weighted by Crippen LogP contribution is 2.19. The van der Waals surface area contributed by atoms with E-state index in [4.69, 9.17) is 5.73 Å². The van der Waals surface area contributed by atoms with Gasteiger partial charge >= 0.3 is 6.03 Å². The van der Waals surface area contributed by atoms with Crippen molar-refractivity contribution >= 4 is 17.7 Å². The Morgan fingerprint density at radius 2 is 1.71 bits per heavy atom. The molecule has 6 heteroatoms. The summed E-state index contributed by atoms with van der Waals surface area (Å²) in [6.45, 7) is 9.80. The summed E-state index contributed by atoms with van der Waals surface area (Å²) in [6.07, 6.45) is 1.46. The second-order valence-electron chi connectivity index (χ2n) is 6.77. The topological polar surface area (TPSA) is 101 Å². The zero-order valence-electron chi connectivity index (χ0n) is 13.8. The standard InChI is InChI=1S/C15H29N3O3/c1-10(2)9-12(19)18-11(13(20)15(3,4)5)7-6-8-17-14(16)21/h10-11H,6-9H2,1-5H3,(H,18,19)(H3,16,17,21). The molecule has 0 radical (unpaired) electrons. The summed E-state index contributed by atoms with van der Waals surface area (Å²) in [6, 6.07) is -1.11. The molecule has 0 heterocycles. The molecule has 0 aromatic rings. The first-order valence-electron chi connectivity index (χ1n) is 7.41. The van der Waals surface area contributed by atoms with Gasteiger partial charge in [0, 0.05) is 18.4 Å². The highest BCUT2D eigenvalue weighted by molar-refractivity contribution is 5.92. The molecule has 0 saturated carbocycles. The van der Waals surface area contributed by atoms with Crippen molar-refractivity contribution in [2.75, 3.05) is 6.54 Å². The van der Waals surface area contributed by atoms with E-state index in [9.17, 15) is 14.4 Å². The Labute approximate surface area is 127 Å². The molecule has 0 aromatic heterocycles. The van der Waals surface area contributed by atoms with Gasteiger partial charge in [-0.2, -0.15) is 0 Å². The minimum absolute atomic E-state index is 0.00122. The van der Waals surface area contributed by atoms with Crippen LogP contribution in [0.25, 0.3) is 0 Å². The van der Waals surface area contributed by atoms with Gasteiger partial charge in [-0.05, 0) is 18.8 Å². The summed E-state index contributed by atoms with van der Waals surface area (Å²) in [5, 5.41) is 5.29. The van der Waals surface area contributed by atoms with E-state index in [1.54, 1.807) is 0 Å². The van der Waals surface area contributed by atoms with E-state index < -0.39 is 17.5 Å². The molecule has 3 amide bonds. The molecule has 4 N–H and O–H groups in total. The second kappa shape index (κ2) is 8.64.